The lowest BCUT2D eigenvalue weighted by atomic mass is 9.96. The lowest BCUT2D eigenvalue weighted by Crippen LogP contribution is -2.39. The first-order valence-electron chi connectivity index (χ1n) is 9.54. The second-order valence-electron chi connectivity index (χ2n) is 7.99. The van der Waals surface area contributed by atoms with E-state index in [1.165, 1.54) is 6.07 Å². The maximum absolute atomic E-state index is 14.4. The molecule has 3 heterocycles. The third-order valence-corrected chi connectivity index (χ3v) is 4.50. The number of pyridine rings is 1. The molecule has 0 atom stereocenters. The van der Waals surface area contributed by atoms with Crippen molar-refractivity contribution < 1.29 is 23.7 Å². The van der Waals surface area contributed by atoms with Crippen LogP contribution in [0.5, 0.6) is 5.75 Å². The number of rotatable bonds is 5. The molecule has 0 amide bonds. The predicted molar refractivity (Wildman–Crippen MR) is 100 cm³/mol. The van der Waals surface area contributed by atoms with E-state index in [0.29, 0.717) is 31.2 Å². The first-order chi connectivity index (χ1) is 13.9. The highest BCUT2D eigenvalue weighted by Gasteiger charge is 2.29. The van der Waals surface area contributed by atoms with Gasteiger partial charge in [-0.1, -0.05) is 30.9 Å². The Morgan fingerprint density at radius 3 is 2.79 bits per heavy atom. The van der Waals surface area contributed by atoms with Crippen molar-refractivity contribution in [2.45, 2.75) is 45.6 Å². The molecule has 2 fully saturated rings. The summed E-state index contributed by atoms with van der Waals surface area (Å²) in [4.78, 5) is 4.00. The minimum atomic E-state index is -0.750. The Hall–Kier alpha value is -2.54. The van der Waals surface area contributed by atoms with Crippen LogP contribution < -0.4 is 4.74 Å². The summed E-state index contributed by atoms with van der Waals surface area (Å²) in [6.45, 7) is 5.35. The molecule has 2 aliphatic rings. The average molecular weight is 402 g/mol. The van der Waals surface area contributed by atoms with E-state index in [-0.39, 0.29) is 29.4 Å². The molecular weight excluding hydrogens is 379 g/mol. The van der Waals surface area contributed by atoms with Gasteiger partial charge in [0.1, 0.15) is 23.7 Å². The molecule has 1 aliphatic carbocycles. The fraction of sp³-hybridized carbons (Fsp3) is 0.550. The number of ether oxygens (including phenoxy) is 3. The van der Waals surface area contributed by atoms with Gasteiger partial charge in [-0.2, -0.15) is 4.39 Å². The Labute approximate surface area is 168 Å². The molecule has 0 spiro atoms. The van der Waals surface area contributed by atoms with Gasteiger partial charge < -0.3 is 19.3 Å². The molecule has 0 aromatic carbocycles. The molecule has 8 nitrogen and oxygen atoms in total. The molecular formula is C20H23FN4O4. The van der Waals surface area contributed by atoms with Gasteiger partial charge in [-0.25, -0.2) is 9.67 Å². The van der Waals surface area contributed by atoms with Gasteiger partial charge in [0.05, 0.1) is 37.6 Å². The molecule has 1 aliphatic heterocycles. The number of nitrogens with zero attached hydrogens (tertiary/aromatic N) is 4. The van der Waals surface area contributed by atoms with Crippen LogP contribution in [0.2, 0.25) is 0 Å². The van der Waals surface area contributed by atoms with Crippen LogP contribution >= 0.6 is 0 Å². The highest BCUT2D eigenvalue weighted by molar-refractivity contribution is 5.63. The Morgan fingerprint density at radius 2 is 2.10 bits per heavy atom. The highest BCUT2D eigenvalue weighted by atomic mass is 19.1. The van der Waals surface area contributed by atoms with Gasteiger partial charge in [0.25, 0.3) is 0 Å². The van der Waals surface area contributed by atoms with Crippen molar-refractivity contribution in [3.05, 3.63) is 23.8 Å². The second kappa shape index (κ2) is 8.06. The van der Waals surface area contributed by atoms with E-state index in [1.54, 1.807) is 10.9 Å². The van der Waals surface area contributed by atoms with Crippen LogP contribution in [0.25, 0.3) is 11.4 Å². The molecule has 0 bridgehead atoms. The van der Waals surface area contributed by atoms with Crippen LogP contribution in [-0.2, 0) is 16.0 Å². The van der Waals surface area contributed by atoms with Crippen LogP contribution in [-0.4, -0.2) is 57.3 Å². The SMILES string of the molecule is CC1(C)COC(Cn2cc(-c3nc(F)c(C#CCO)cc3OC3CC3)nn2)OC1. The van der Waals surface area contributed by atoms with Gasteiger partial charge in [-0.15, -0.1) is 5.10 Å². The van der Waals surface area contributed by atoms with Crippen molar-refractivity contribution in [3.8, 4) is 29.0 Å². The maximum atomic E-state index is 14.4. The standard InChI is InChI=1S/C20H23FN4O4/c1-20(2)11-27-17(28-12-20)10-25-9-15(23-24-25)18-16(29-14-5-6-14)8-13(4-3-7-26)19(21)22-18/h8-9,14,17,26H,5-7,10-12H2,1-2H3. The molecule has 1 saturated heterocycles. The lowest BCUT2D eigenvalue weighted by Gasteiger charge is -2.34. The summed E-state index contributed by atoms with van der Waals surface area (Å²) < 4.78 is 33.3. The highest BCUT2D eigenvalue weighted by Crippen LogP contribution is 2.34. The predicted octanol–water partition coefficient (Wildman–Crippen LogP) is 1.76. The zero-order valence-electron chi connectivity index (χ0n) is 16.4. The Morgan fingerprint density at radius 1 is 1.34 bits per heavy atom. The summed E-state index contributed by atoms with van der Waals surface area (Å²) in [5, 5.41) is 17.1. The van der Waals surface area contributed by atoms with Crippen molar-refractivity contribution >= 4 is 0 Å². The number of aliphatic hydroxyl groups is 1. The second-order valence-corrected chi connectivity index (χ2v) is 7.99. The summed E-state index contributed by atoms with van der Waals surface area (Å²) in [5.74, 6) is 4.62. The topological polar surface area (TPSA) is 91.5 Å². The van der Waals surface area contributed by atoms with E-state index >= 15 is 0 Å². The molecule has 0 unspecified atom stereocenters. The average Bonchev–Trinajstić information content (AvgIpc) is 3.39. The summed E-state index contributed by atoms with van der Waals surface area (Å²) >= 11 is 0. The quantitative estimate of drug-likeness (QED) is 0.602. The zero-order valence-corrected chi connectivity index (χ0v) is 16.4. The van der Waals surface area contributed by atoms with E-state index in [2.05, 4.69) is 41.0 Å². The minimum Gasteiger partial charge on any atom is -0.488 e. The molecule has 154 valence electrons. The zero-order chi connectivity index (χ0) is 20.4. The van der Waals surface area contributed by atoms with Gasteiger partial charge in [0.2, 0.25) is 5.95 Å². The Bertz CT molecular complexity index is 936. The summed E-state index contributed by atoms with van der Waals surface area (Å²) in [7, 11) is 0. The fourth-order valence-electron chi connectivity index (χ4n) is 2.81. The van der Waals surface area contributed by atoms with E-state index in [0.717, 1.165) is 12.8 Å². The van der Waals surface area contributed by atoms with Crippen molar-refractivity contribution in [1.29, 1.82) is 0 Å². The molecule has 2 aromatic rings. The number of aliphatic hydroxyl groups excluding tert-OH is 1. The third-order valence-electron chi connectivity index (χ3n) is 4.50. The molecule has 4 rings (SSSR count). The fourth-order valence-corrected chi connectivity index (χ4v) is 2.81. The number of hydrogen-bond acceptors (Lipinski definition) is 7. The van der Waals surface area contributed by atoms with Crippen molar-refractivity contribution in [1.82, 2.24) is 20.0 Å². The van der Waals surface area contributed by atoms with Gasteiger partial charge in [0.15, 0.2) is 6.29 Å². The minimum absolute atomic E-state index is 0.0127. The van der Waals surface area contributed by atoms with Gasteiger partial charge in [-0.3, -0.25) is 0 Å². The van der Waals surface area contributed by atoms with Gasteiger partial charge >= 0.3 is 0 Å². The summed E-state index contributed by atoms with van der Waals surface area (Å²) in [5.41, 5.74) is 0.706. The monoisotopic (exact) mass is 402 g/mol. The molecule has 2 aromatic heterocycles. The van der Waals surface area contributed by atoms with E-state index in [1.807, 2.05) is 0 Å². The Kier molecular flexibility index (Phi) is 5.50. The molecule has 29 heavy (non-hydrogen) atoms. The molecule has 9 heteroatoms. The van der Waals surface area contributed by atoms with Crippen molar-refractivity contribution in [3.63, 3.8) is 0 Å². The largest absolute Gasteiger partial charge is 0.488 e. The van der Waals surface area contributed by atoms with E-state index in [4.69, 9.17) is 19.3 Å². The first-order valence-corrected chi connectivity index (χ1v) is 9.54. The van der Waals surface area contributed by atoms with Crippen molar-refractivity contribution in [2.24, 2.45) is 5.41 Å². The lowest BCUT2D eigenvalue weighted by molar-refractivity contribution is -0.227. The smallest absolute Gasteiger partial charge is 0.229 e. The molecule has 1 saturated carbocycles. The number of halogens is 1. The molecule has 1 N–H and O–H groups in total. The van der Waals surface area contributed by atoms with E-state index in [9.17, 15) is 4.39 Å². The van der Waals surface area contributed by atoms with Crippen molar-refractivity contribution in [2.75, 3.05) is 19.8 Å². The number of aromatic nitrogens is 4. The number of hydrogen-bond donors (Lipinski definition) is 1. The first kappa shape index (κ1) is 19.8. The van der Waals surface area contributed by atoms with Crippen LogP contribution in [0.15, 0.2) is 12.3 Å². The normalized spacial score (nSPS) is 18.9. The summed E-state index contributed by atoms with van der Waals surface area (Å²) in [6, 6.07) is 1.49. The third kappa shape index (κ3) is 4.90. The van der Waals surface area contributed by atoms with Crippen LogP contribution in [0.1, 0.15) is 32.3 Å². The van der Waals surface area contributed by atoms with E-state index < -0.39 is 12.2 Å². The van der Waals surface area contributed by atoms with Gasteiger partial charge in [0, 0.05) is 11.5 Å². The summed E-state index contributed by atoms with van der Waals surface area (Å²) in [6.07, 6.45) is 3.21. The van der Waals surface area contributed by atoms with Crippen LogP contribution in [0.3, 0.4) is 0 Å². The van der Waals surface area contributed by atoms with Crippen LogP contribution in [0, 0.1) is 23.2 Å². The van der Waals surface area contributed by atoms with Gasteiger partial charge in [-0.05, 0) is 12.8 Å². The Balaban J connectivity index is 1.55. The van der Waals surface area contributed by atoms with Crippen LogP contribution in [0.4, 0.5) is 4.39 Å². The molecule has 0 radical (unpaired) electrons. The maximum Gasteiger partial charge on any atom is 0.229 e.